The van der Waals surface area contributed by atoms with Crippen LogP contribution < -0.4 is 10.6 Å². The fraction of sp³-hybridized carbons (Fsp3) is 0.286. The van der Waals surface area contributed by atoms with Gasteiger partial charge in [0.05, 0.1) is 38.3 Å². The first kappa shape index (κ1) is 46.9. The van der Waals surface area contributed by atoms with Gasteiger partial charge in [0.2, 0.25) is 0 Å². The summed E-state index contributed by atoms with van der Waals surface area (Å²) in [5.41, 5.74) is 2.76. The number of hydrogen-bond donors (Lipinski definition) is 9. The molecule has 1 heterocycles. The third kappa shape index (κ3) is 13.4. The van der Waals surface area contributed by atoms with Gasteiger partial charge in [-0.2, -0.15) is 0 Å². The van der Waals surface area contributed by atoms with Crippen molar-refractivity contribution >= 4 is 75.9 Å². The minimum atomic E-state index is -1.33. The molecule has 9 N–H and O–H groups in total. The molecule has 0 spiro atoms. The molecule has 20 nitrogen and oxygen atoms in total. The second-order valence-corrected chi connectivity index (χ2v) is 15.1. The number of aliphatic hydroxyl groups excluding tert-OH is 1. The number of ketones is 1. The van der Waals surface area contributed by atoms with Gasteiger partial charge in [0.1, 0.15) is 17.6 Å². The number of carbonyl (C=O) groups is 7. The number of hydrogen-bond acceptors (Lipinski definition) is 13. The molecule has 5 rings (SSSR count). The highest BCUT2D eigenvalue weighted by molar-refractivity contribution is 7.80. The molecule has 3 atom stereocenters. The number of carboxylic acids is 6. The van der Waals surface area contributed by atoms with Crippen LogP contribution in [0.5, 0.6) is 0 Å². The van der Waals surface area contributed by atoms with E-state index in [1.807, 2.05) is 0 Å². The predicted octanol–water partition coefficient (Wildman–Crippen LogP) is 2.24. The van der Waals surface area contributed by atoms with Crippen LogP contribution in [0.25, 0.3) is 5.57 Å². The van der Waals surface area contributed by atoms with Crippen molar-refractivity contribution in [3.63, 3.8) is 0 Å². The van der Waals surface area contributed by atoms with E-state index in [2.05, 4.69) is 10.6 Å². The summed E-state index contributed by atoms with van der Waals surface area (Å²) in [7, 11) is 0. The van der Waals surface area contributed by atoms with Crippen LogP contribution in [-0.2, 0) is 39.9 Å². The largest absolute Gasteiger partial charge is 0.508 e. The topological polar surface area (TPSA) is 304 Å². The fourth-order valence-electron chi connectivity index (χ4n) is 7.41. The molecular weight excluding hydrogens is 847 g/mol. The average Bonchev–Trinajstić information content (AvgIpc) is 3.17. The molecule has 3 unspecified atom stereocenters. The Labute approximate surface area is 364 Å². The lowest BCUT2D eigenvalue weighted by atomic mass is 9.77. The molecule has 2 aliphatic carbocycles. The number of nitrogens with zero attached hydrogens (tertiary/aromatic N) is 3. The van der Waals surface area contributed by atoms with Crippen LogP contribution in [0.4, 0.5) is 11.4 Å². The molecule has 0 amide bonds. The van der Waals surface area contributed by atoms with Crippen molar-refractivity contribution in [2.75, 3.05) is 63.0 Å². The first-order valence-electron chi connectivity index (χ1n) is 19.1. The normalized spacial score (nSPS) is 17.0. The lowest BCUT2D eigenvalue weighted by molar-refractivity contribution is -0.143. The Morgan fingerprint density at radius 3 is 1.92 bits per heavy atom. The average molecular weight is 890 g/mol. The lowest BCUT2D eigenvalue weighted by Gasteiger charge is -2.36. The fourth-order valence-corrected chi connectivity index (χ4v) is 7.65. The third-order valence-electron chi connectivity index (χ3n) is 9.95. The van der Waals surface area contributed by atoms with Crippen LogP contribution in [0.2, 0.25) is 0 Å². The first-order valence-corrected chi connectivity index (χ1v) is 19.5. The Balaban J connectivity index is 1.35. The zero-order chi connectivity index (χ0) is 46.0. The minimum Gasteiger partial charge on any atom is -0.508 e. The number of ether oxygens (including phenoxy) is 1. The Hall–Kier alpha value is -7.20. The number of benzene rings is 2. The molecule has 0 bridgehead atoms. The van der Waals surface area contributed by atoms with Crippen molar-refractivity contribution in [2.24, 2.45) is 5.92 Å². The number of fused-ring (bicyclic) bond motifs is 2. The van der Waals surface area contributed by atoms with E-state index in [0.717, 1.165) is 9.80 Å². The van der Waals surface area contributed by atoms with Crippen LogP contribution in [0.1, 0.15) is 21.5 Å². The van der Waals surface area contributed by atoms with Crippen molar-refractivity contribution in [3.8, 4) is 0 Å². The SMILES string of the molecule is O=C1C=CC2=C(c3ccc(NC(=S)Nc4ccc(CC(CN(CC(=O)O)CC(=O)O)N(CCN(CC(=O)O)CC(=O)O)CC(=O)O)cc4)cc3C(=O)O)C3C=CC(O)=CC3OC2=C1. The minimum absolute atomic E-state index is 0.0379. The van der Waals surface area contributed by atoms with Crippen molar-refractivity contribution in [1.29, 1.82) is 0 Å². The maximum absolute atomic E-state index is 12.7. The molecule has 0 saturated heterocycles. The Bertz CT molecular complexity index is 2310. The van der Waals surface area contributed by atoms with Crippen LogP contribution in [0, 0.1) is 5.92 Å². The summed E-state index contributed by atoms with van der Waals surface area (Å²) in [5, 5.41) is 73.9. The molecule has 2 aromatic carbocycles. The Morgan fingerprint density at radius 1 is 0.730 bits per heavy atom. The number of carboxylic acid groups (broad SMARTS) is 6. The number of anilines is 2. The molecule has 63 heavy (non-hydrogen) atoms. The van der Waals surface area contributed by atoms with Gasteiger partial charge in [-0.25, -0.2) is 4.79 Å². The number of aliphatic hydroxyl groups is 1. The quantitative estimate of drug-likeness (QED) is 0.0766. The van der Waals surface area contributed by atoms with E-state index in [4.69, 9.17) is 17.0 Å². The molecular formula is C42H43N5O15S. The smallest absolute Gasteiger partial charge is 0.336 e. The lowest BCUT2D eigenvalue weighted by Crippen LogP contribution is -2.51. The maximum atomic E-state index is 12.7. The third-order valence-corrected chi connectivity index (χ3v) is 10.2. The molecule has 0 radical (unpaired) electrons. The number of nitrogens with one attached hydrogen (secondary N) is 2. The van der Waals surface area contributed by atoms with Crippen molar-refractivity contribution in [1.82, 2.24) is 14.7 Å². The van der Waals surface area contributed by atoms with E-state index < -0.39 is 86.6 Å². The van der Waals surface area contributed by atoms with Gasteiger partial charge in [-0.05, 0) is 83.9 Å². The highest BCUT2D eigenvalue weighted by atomic mass is 32.1. The van der Waals surface area contributed by atoms with Gasteiger partial charge in [-0.3, -0.25) is 43.5 Å². The highest BCUT2D eigenvalue weighted by Crippen LogP contribution is 2.45. The number of thiocarbonyl (C=S) groups is 1. The zero-order valence-electron chi connectivity index (χ0n) is 33.2. The van der Waals surface area contributed by atoms with Gasteiger partial charge >= 0.3 is 35.8 Å². The van der Waals surface area contributed by atoms with Gasteiger partial charge in [0, 0.05) is 54.6 Å². The second kappa shape index (κ2) is 21.1. The standard InChI is InChI=1S/C42H43N5O15S/c48-27-6-9-30-33(15-27)62-34-16-28(49)7-10-31(34)40(30)29-8-5-25(14-32(29)41(60)61)44-42(63)43-24-3-1-23(2-4-24)13-26(17-46(20-37(54)55)21-38(56)57)47(22-39(58)59)12-11-45(18-35(50)51)19-36(52)53/h1-10,14-16,26,30,33,48H,11-13,17-22H2,(H,50,51)(H,52,53)(H,54,55)(H,56,57)(H,58,59)(H,60,61)(H2,43,44,63). The summed E-state index contributed by atoms with van der Waals surface area (Å²) in [6.07, 6.45) is 8.25. The van der Waals surface area contributed by atoms with E-state index in [0.29, 0.717) is 33.6 Å². The van der Waals surface area contributed by atoms with Gasteiger partial charge in [-0.15, -0.1) is 0 Å². The number of carbonyl (C=O) groups excluding carboxylic acids is 1. The first-order chi connectivity index (χ1) is 29.8. The van der Waals surface area contributed by atoms with Gasteiger partial charge in [0.15, 0.2) is 10.9 Å². The summed E-state index contributed by atoms with van der Waals surface area (Å²) < 4.78 is 6.01. The number of aromatic carboxylic acids is 1. The Morgan fingerprint density at radius 2 is 1.32 bits per heavy atom. The molecule has 0 fully saturated rings. The summed E-state index contributed by atoms with van der Waals surface area (Å²) in [4.78, 5) is 86.6. The summed E-state index contributed by atoms with van der Waals surface area (Å²) >= 11 is 5.53. The van der Waals surface area contributed by atoms with Crippen molar-refractivity contribution in [2.45, 2.75) is 18.6 Å². The zero-order valence-corrected chi connectivity index (χ0v) is 34.1. The Kier molecular flexibility index (Phi) is 15.7. The van der Waals surface area contributed by atoms with Crippen molar-refractivity contribution in [3.05, 3.63) is 113 Å². The highest BCUT2D eigenvalue weighted by Gasteiger charge is 2.37. The summed E-state index contributed by atoms with van der Waals surface area (Å²) in [5.74, 6) is -8.42. The maximum Gasteiger partial charge on any atom is 0.336 e. The van der Waals surface area contributed by atoms with E-state index in [1.54, 1.807) is 48.6 Å². The number of rotatable bonds is 22. The van der Waals surface area contributed by atoms with Crippen LogP contribution in [-0.4, -0.2) is 162 Å². The van der Waals surface area contributed by atoms with Gasteiger partial charge < -0.3 is 51.1 Å². The van der Waals surface area contributed by atoms with E-state index in [-0.39, 0.29) is 54.0 Å². The van der Waals surface area contributed by atoms with Crippen LogP contribution >= 0.6 is 12.2 Å². The summed E-state index contributed by atoms with van der Waals surface area (Å²) in [6, 6.07) is 10.4. The van der Waals surface area contributed by atoms with E-state index in [9.17, 15) is 69.3 Å². The summed E-state index contributed by atoms with van der Waals surface area (Å²) in [6.45, 7) is -3.92. The van der Waals surface area contributed by atoms with Crippen LogP contribution in [0.3, 0.4) is 0 Å². The monoisotopic (exact) mass is 889 g/mol. The molecule has 1 aliphatic heterocycles. The van der Waals surface area contributed by atoms with Gasteiger partial charge in [-0.1, -0.05) is 24.3 Å². The van der Waals surface area contributed by atoms with Gasteiger partial charge in [0.25, 0.3) is 0 Å². The molecule has 0 saturated carbocycles. The van der Waals surface area contributed by atoms with Crippen molar-refractivity contribution < 1.29 is 74.0 Å². The van der Waals surface area contributed by atoms with E-state index >= 15 is 0 Å². The molecule has 3 aliphatic rings. The molecule has 332 valence electrons. The number of aliphatic carboxylic acids is 5. The van der Waals surface area contributed by atoms with Crippen LogP contribution in [0.15, 0.2) is 96.0 Å². The molecule has 0 aromatic heterocycles. The molecule has 2 aromatic rings. The molecule has 21 heteroatoms. The second-order valence-electron chi connectivity index (χ2n) is 14.6. The predicted molar refractivity (Wildman–Crippen MR) is 227 cm³/mol. The number of allylic oxidation sites excluding steroid dienone is 4. The van der Waals surface area contributed by atoms with E-state index in [1.165, 1.54) is 35.3 Å².